The van der Waals surface area contributed by atoms with Crippen molar-refractivity contribution in [3.8, 4) is 0 Å². The van der Waals surface area contributed by atoms with Crippen molar-refractivity contribution < 1.29 is 13.6 Å². The lowest BCUT2D eigenvalue weighted by molar-refractivity contribution is 0.316. The Morgan fingerprint density at radius 2 is 2.15 bits per heavy atom. The fraction of sp³-hybridized carbons (Fsp3) is 0.364. The minimum absolute atomic E-state index is 0.0586. The number of nitrogens with zero attached hydrogens (tertiary/aromatic N) is 1. The molecule has 0 spiro atoms. The summed E-state index contributed by atoms with van der Waals surface area (Å²) in [6, 6.07) is 3.66. The first kappa shape index (κ1) is 17.0. The van der Waals surface area contributed by atoms with Crippen LogP contribution in [0.15, 0.2) is 28.3 Å². The monoisotopic (exact) mass is 339 g/mol. The Bertz CT molecular complexity index is 605. The van der Waals surface area contributed by atoms with E-state index in [0.29, 0.717) is 6.42 Å². The average Bonchev–Trinajstić information content (AvgIpc) is 2.40. The van der Waals surface area contributed by atoms with E-state index in [0.717, 1.165) is 0 Å². The van der Waals surface area contributed by atoms with Gasteiger partial charge in [0.15, 0.2) is 0 Å². The molecule has 0 aromatic heterocycles. The van der Waals surface area contributed by atoms with Crippen LogP contribution in [-0.2, 0) is 10.0 Å². The van der Waals surface area contributed by atoms with Crippen molar-refractivity contribution in [2.24, 2.45) is 10.9 Å². The summed E-state index contributed by atoms with van der Waals surface area (Å²) < 4.78 is 26.9. The normalized spacial score (nSPS) is 14.2. The van der Waals surface area contributed by atoms with Crippen LogP contribution in [0.1, 0.15) is 19.8 Å². The van der Waals surface area contributed by atoms with Crippen LogP contribution in [0.5, 0.6) is 0 Å². The highest BCUT2D eigenvalue weighted by atomic mass is 35.5. The van der Waals surface area contributed by atoms with Gasteiger partial charge in [0.2, 0.25) is 10.0 Å². The molecule has 4 N–H and O–H groups in total. The third kappa shape index (κ3) is 4.52. The Morgan fingerprint density at radius 1 is 1.50 bits per heavy atom. The van der Waals surface area contributed by atoms with Gasteiger partial charge >= 0.3 is 0 Å². The van der Waals surface area contributed by atoms with Gasteiger partial charge in [-0.15, -0.1) is 0 Å². The molecular weight excluding hydrogens is 325 g/mol. The lowest BCUT2D eigenvalue weighted by atomic mass is 10.1. The molecule has 0 amide bonds. The number of nitrogens with one attached hydrogen (secondary N) is 1. The zero-order valence-electron chi connectivity index (χ0n) is 10.7. The molecule has 1 aromatic rings. The van der Waals surface area contributed by atoms with Crippen LogP contribution in [0.25, 0.3) is 0 Å². The van der Waals surface area contributed by atoms with Gasteiger partial charge in [0.25, 0.3) is 0 Å². The third-order valence-electron chi connectivity index (χ3n) is 2.58. The number of nitrogens with two attached hydrogens (primary N) is 1. The second-order valence-electron chi connectivity index (χ2n) is 4.10. The highest BCUT2D eigenvalue weighted by Crippen LogP contribution is 2.25. The zero-order chi connectivity index (χ0) is 15.3. The molecule has 0 aliphatic rings. The standard InChI is InChI=1S/C11H15Cl2N3O3S/c1-2-8(6-11(14)15-17)16-20(18,19)10-5-7(12)3-4-9(10)13/h3-5,8,16-17H,2,6H2,1H3,(H2,14,15). The lowest BCUT2D eigenvalue weighted by Gasteiger charge is -2.17. The van der Waals surface area contributed by atoms with Gasteiger partial charge in [0.1, 0.15) is 10.7 Å². The highest BCUT2D eigenvalue weighted by Gasteiger charge is 2.22. The lowest BCUT2D eigenvalue weighted by Crippen LogP contribution is -2.37. The van der Waals surface area contributed by atoms with Gasteiger partial charge in [0.05, 0.1) is 5.02 Å². The maximum atomic E-state index is 12.2. The van der Waals surface area contributed by atoms with Gasteiger partial charge in [-0.25, -0.2) is 13.1 Å². The predicted molar refractivity (Wildman–Crippen MR) is 78.9 cm³/mol. The average molecular weight is 340 g/mol. The molecule has 6 nitrogen and oxygen atoms in total. The Hall–Kier alpha value is -1.02. The zero-order valence-corrected chi connectivity index (χ0v) is 13.0. The number of hydrogen-bond acceptors (Lipinski definition) is 4. The molecule has 0 saturated heterocycles. The van der Waals surface area contributed by atoms with E-state index in [4.69, 9.17) is 34.1 Å². The smallest absolute Gasteiger partial charge is 0.242 e. The number of amidine groups is 1. The Morgan fingerprint density at radius 3 is 2.70 bits per heavy atom. The number of halogens is 2. The van der Waals surface area contributed by atoms with Crippen molar-refractivity contribution in [1.82, 2.24) is 4.72 Å². The van der Waals surface area contributed by atoms with Crippen molar-refractivity contribution >= 4 is 39.1 Å². The fourth-order valence-electron chi connectivity index (χ4n) is 1.53. The number of hydrogen-bond donors (Lipinski definition) is 3. The summed E-state index contributed by atoms with van der Waals surface area (Å²) in [5.74, 6) is -0.0586. The summed E-state index contributed by atoms with van der Waals surface area (Å²) in [7, 11) is -3.84. The van der Waals surface area contributed by atoms with E-state index in [1.165, 1.54) is 18.2 Å². The van der Waals surface area contributed by atoms with Gasteiger partial charge in [-0.05, 0) is 24.6 Å². The van der Waals surface area contributed by atoms with Crippen LogP contribution in [0, 0.1) is 0 Å². The summed E-state index contributed by atoms with van der Waals surface area (Å²) in [5, 5.41) is 11.7. The van der Waals surface area contributed by atoms with Gasteiger partial charge in [0, 0.05) is 17.5 Å². The molecule has 112 valence electrons. The molecule has 20 heavy (non-hydrogen) atoms. The molecule has 0 heterocycles. The van der Waals surface area contributed by atoms with Crippen LogP contribution in [0.3, 0.4) is 0 Å². The summed E-state index contributed by atoms with van der Waals surface area (Å²) in [5.41, 5.74) is 5.38. The largest absolute Gasteiger partial charge is 0.409 e. The van der Waals surface area contributed by atoms with E-state index < -0.39 is 16.1 Å². The van der Waals surface area contributed by atoms with E-state index in [1.807, 2.05) is 0 Å². The van der Waals surface area contributed by atoms with Crippen molar-refractivity contribution in [2.45, 2.75) is 30.7 Å². The fourth-order valence-corrected chi connectivity index (χ4v) is 3.61. The Kier molecular flexibility index (Phi) is 6.07. The molecule has 0 bridgehead atoms. The first-order chi connectivity index (χ1) is 9.30. The minimum Gasteiger partial charge on any atom is -0.409 e. The van der Waals surface area contributed by atoms with Gasteiger partial charge in [-0.2, -0.15) is 0 Å². The van der Waals surface area contributed by atoms with E-state index in [-0.39, 0.29) is 27.2 Å². The topological polar surface area (TPSA) is 105 Å². The van der Waals surface area contributed by atoms with Crippen molar-refractivity contribution in [1.29, 1.82) is 0 Å². The molecule has 0 fully saturated rings. The molecule has 0 radical (unpaired) electrons. The number of rotatable bonds is 6. The van der Waals surface area contributed by atoms with E-state index >= 15 is 0 Å². The van der Waals surface area contributed by atoms with Crippen molar-refractivity contribution in [3.05, 3.63) is 28.2 Å². The molecule has 0 saturated carbocycles. The number of sulfonamides is 1. The molecule has 1 aromatic carbocycles. The van der Waals surface area contributed by atoms with Crippen LogP contribution in [0.4, 0.5) is 0 Å². The summed E-state index contributed by atoms with van der Waals surface area (Å²) in [6.45, 7) is 1.78. The Labute approximate surface area is 127 Å². The van der Waals surface area contributed by atoms with Crippen molar-refractivity contribution in [2.75, 3.05) is 0 Å². The number of benzene rings is 1. The van der Waals surface area contributed by atoms with Crippen molar-refractivity contribution in [3.63, 3.8) is 0 Å². The van der Waals surface area contributed by atoms with E-state index in [2.05, 4.69) is 9.88 Å². The SMILES string of the molecule is CCC(CC(N)=NO)NS(=O)(=O)c1cc(Cl)ccc1Cl. The van der Waals surface area contributed by atoms with E-state index in [1.54, 1.807) is 6.92 Å². The van der Waals surface area contributed by atoms with Crippen LogP contribution in [0.2, 0.25) is 10.0 Å². The van der Waals surface area contributed by atoms with Gasteiger partial charge < -0.3 is 10.9 Å². The van der Waals surface area contributed by atoms with Crippen LogP contribution >= 0.6 is 23.2 Å². The van der Waals surface area contributed by atoms with Crippen LogP contribution < -0.4 is 10.5 Å². The highest BCUT2D eigenvalue weighted by molar-refractivity contribution is 7.89. The molecule has 0 aliphatic carbocycles. The molecular formula is C11H15Cl2N3O3S. The maximum Gasteiger partial charge on any atom is 0.242 e. The number of oxime groups is 1. The van der Waals surface area contributed by atoms with Gasteiger partial charge in [-0.1, -0.05) is 35.3 Å². The second-order valence-corrected chi connectivity index (χ2v) is 6.62. The van der Waals surface area contributed by atoms with E-state index in [9.17, 15) is 8.42 Å². The molecule has 1 atom stereocenters. The summed E-state index contributed by atoms with van der Waals surface area (Å²) >= 11 is 11.7. The summed E-state index contributed by atoms with van der Waals surface area (Å²) in [4.78, 5) is -0.107. The summed E-state index contributed by atoms with van der Waals surface area (Å²) in [6.07, 6.45) is 0.554. The molecule has 9 heteroatoms. The minimum atomic E-state index is -3.84. The van der Waals surface area contributed by atoms with Gasteiger partial charge in [-0.3, -0.25) is 0 Å². The third-order valence-corrected chi connectivity index (χ3v) is 4.82. The Balaban J connectivity index is 3.01. The molecule has 0 aliphatic heterocycles. The first-order valence-corrected chi connectivity index (χ1v) is 7.97. The molecule has 1 rings (SSSR count). The predicted octanol–water partition coefficient (Wildman–Crippen LogP) is 2.19. The quantitative estimate of drug-likeness (QED) is 0.319. The first-order valence-electron chi connectivity index (χ1n) is 5.74. The molecule has 1 unspecified atom stereocenters. The second kappa shape index (κ2) is 7.12. The maximum absolute atomic E-state index is 12.2. The van der Waals surface area contributed by atoms with Crippen LogP contribution in [-0.4, -0.2) is 25.5 Å².